The normalized spacial score (nSPS) is 9.83. The molecule has 0 saturated carbocycles. The molecule has 0 aromatic carbocycles. The Labute approximate surface area is 77.0 Å². The number of carboxylic acid groups (broad SMARTS) is 1. The van der Waals surface area contributed by atoms with Gasteiger partial charge in [-0.15, -0.1) is 0 Å². The van der Waals surface area contributed by atoms with Gasteiger partial charge in [-0.1, -0.05) is 0 Å². The molecular formula is C7H6BrNO3. The molecule has 0 saturated heterocycles. The zero-order chi connectivity index (χ0) is 9.30. The Bertz CT molecular complexity index is 338. The summed E-state index contributed by atoms with van der Waals surface area (Å²) in [6, 6.07) is 1.31. The number of aromatic hydroxyl groups is 1. The number of aryl methyl sites for hydroxylation is 1. The smallest absolute Gasteiger partial charge is 0.358 e. The van der Waals surface area contributed by atoms with Crippen molar-refractivity contribution in [3.8, 4) is 5.75 Å². The highest BCUT2D eigenvalue weighted by molar-refractivity contribution is 9.10. The van der Waals surface area contributed by atoms with Crippen molar-refractivity contribution >= 4 is 21.9 Å². The van der Waals surface area contributed by atoms with E-state index >= 15 is 0 Å². The van der Waals surface area contributed by atoms with Crippen molar-refractivity contribution in [2.75, 3.05) is 0 Å². The van der Waals surface area contributed by atoms with Crippen LogP contribution in [0.2, 0.25) is 0 Å². The van der Waals surface area contributed by atoms with E-state index in [1.165, 1.54) is 6.07 Å². The van der Waals surface area contributed by atoms with Crippen LogP contribution in [0.5, 0.6) is 5.75 Å². The van der Waals surface area contributed by atoms with Crippen LogP contribution >= 0.6 is 15.9 Å². The molecule has 0 aliphatic heterocycles. The topological polar surface area (TPSA) is 70.4 Å². The third-order valence-corrected chi connectivity index (χ3v) is 2.14. The molecule has 64 valence electrons. The van der Waals surface area contributed by atoms with Crippen LogP contribution < -0.4 is 0 Å². The van der Waals surface area contributed by atoms with E-state index < -0.39 is 5.97 Å². The van der Waals surface area contributed by atoms with E-state index in [4.69, 9.17) is 10.2 Å². The van der Waals surface area contributed by atoms with E-state index in [2.05, 4.69) is 20.9 Å². The largest absolute Gasteiger partial charge is 0.505 e. The zero-order valence-corrected chi connectivity index (χ0v) is 7.79. The standard InChI is InChI=1S/C7H6BrNO3/c1-3-4(8)2-5(10)6(9-3)7(11)12/h2,10H,1H3,(H,11,12). The Morgan fingerprint density at radius 2 is 2.25 bits per heavy atom. The van der Waals surface area contributed by atoms with Crippen molar-refractivity contribution in [1.29, 1.82) is 0 Å². The van der Waals surface area contributed by atoms with E-state index in [9.17, 15) is 4.79 Å². The first-order valence-electron chi connectivity index (χ1n) is 3.11. The number of pyridine rings is 1. The number of halogens is 1. The minimum Gasteiger partial charge on any atom is -0.505 e. The van der Waals surface area contributed by atoms with Crippen molar-refractivity contribution in [2.45, 2.75) is 6.92 Å². The first kappa shape index (κ1) is 8.99. The van der Waals surface area contributed by atoms with Crippen LogP contribution in [-0.2, 0) is 0 Å². The van der Waals surface area contributed by atoms with Crippen molar-refractivity contribution in [1.82, 2.24) is 4.98 Å². The van der Waals surface area contributed by atoms with E-state index in [1.54, 1.807) is 6.92 Å². The van der Waals surface area contributed by atoms with Crippen LogP contribution in [0.4, 0.5) is 0 Å². The molecule has 1 aromatic heterocycles. The molecule has 0 fully saturated rings. The molecule has 5 heteroatoms. The van der Waals surface area contributed by atoms with Crippen molar-refractivity contribution < 1.29 is 15.0 Å². The van der Waals surface area contributed by atoms with Gasteiger partial charge < -0.3 is 10.2 Å². The lowest BCUT2D eigenvalue weighted by Crippen LogP contribution is -2.02. The maximum absolute atomic E-state index is 10.4. The molecule has 4 nitrogen and oxygen atoms in total. The lowest BCUT2D eigenvalue weighted by Gasteiger charge is -2.01. The number of nitrogens with zero attached hydrogens (tertiary/aromatic N) is 1. The van der Waals surface area contributed by atoms with Crippen LogP contribution in [0.3, 0.4) is 0 Å². The van der Waals surface area contributed by atoms with Gasteiger partial charge in [0.25, 0.3) is 0 Å². The molecule has 1 aromatic rings. The first-order valence-corrected chi connectivity index (χ1v) is 3.91. The summed E-state index contributed by atoms with van der Waals surface area (Å²) in [6.07, 6.45) is 0. The van der Waals surface area contributed by atoms with Crippen molar-refractivity contribution in [2.24, 2.45) is 0 Å². The van der Waals surface area contributed by atoms with Gasteiger partial charge in [0.2, 0.25) is 0 Å². The highest BCUT2D eigenvalue weighted by Gasteiger charge is 2.12. The van der Waals surface area contributed by atoms with Crippen LogP contribution in [-0.4, -0.2) is 21.2 Å². The predicted octanol–water partition coefficient (Wildman–Crippen LogP) is 1.56. The SMILES string of the molecule is Cc1nc(C(=O)O)c(O)cc1Br. The van der Waals surface area contributed by atoms with Gasteiger partial charge in [-0.2, -0.15) is 0 Å². The molecule has 0 aliphatic rings. The minimum atomic E-state index is -1.23. The van der Waals surface area contributed by atoms with Crippen LogP contribution in [0, 0.1) is 6.92 Å². The quantitative estimate of drug-likeness (QED) is 0.770. The average Bonchev–Trinajstić information content (AvgIpc) is 1.96. The molecule has 12 heavy (non-hydrogen) atoms. The summed E-state index contributed by atoms with van der Waals surface area (Å²) < 4.78 is 0.588. The molecule has 0 bridgehead atoms. The second kappa shape index (κ2) is 3.10. The third kappa shape index (κ3) is 1.55. The van der Waals surface area contributed by atoms with Gasteiger partial charge in [0.1, 0.15) is 5.75 Å². The zero-order valence-electron chi connectivity index (χ0n) is 6.21. The van der Waals surface area contributed by atoms with E-state index in [1.807, 2.05) is 0 Å². The van der Waals surface area contributed by atoms with Crippen LogP contribution in [0.1, 0.15) is 16.2 Å². The second-order valence-corrected chi connectivity index (χ2v) is 3.08. The van der Waals surface area contributed by atoms with E-state index in [0.717, 1.165) is 0 Å². The third-order valence-electron chi connectivity index (χ3n) is 1.33. The fraction of sp³-hybridized carbons (Fsp3) is 0.143. The summed E-state index contributed by atoms with van der Waals surface area (Å²) in [4.78, 5) is 14.1. The summed E-state index contributed by atoms with van der Waals surface area (Å²) >= 11 is 3.11. The Kier molecular flexibility index (Phi) is 2.32. The number of rotatable bonds is 1. The van der Waals surface area contributed by atoms with Gasteiger partial charge in [0.15, 0.2) is 5.69 Å². The number of aromatic nitrogens is 1. The second-order valence-electron chi connectivity index (χ2n) is 2.23. The number of hydrogen-bond acceptors (Lipinski definition) is 3. The van der Waals surface area contributed by atoms with E-state index in [-0.39, 0.29) is 11.4 Å². The van der Waals surface area contributed by atoms with Gasteiger partial charge in [-0.3, -0.25) is 0 Å². The number of hydrogen-bond donors (Lipinski definition) is 2. The van der Waals surface area contributed by atoms with Gasteiger partial charge in [0.05, 0.1) is 5.69 Å². The average molecular weight is 232 g/mol. The van der Waals surface area contributed by atoms with Crippen LogP contribution in [0.25, 0.3) is 0 Å². The first-order chi connectivity index (χ1) is 5.52. The molecule has 0 unspecified atom stereocenters. The van der Waals surface area contributed by atoms with Crippen molar-refractivity contribution in [3.05, 3.63) is 21.9 Å². The van der Waals surface area contributed by atoms with Gasteiger partial charge in [-0.25, -0.2) is 9.78 Å². The van der Waals surface area contributed by atoms with Crippen molar-refractivity contribution in [3.63, 3.8) is 0 Å². The molecule has 0 radical (unpaired) electrons. The molecule has 0 atom stereocenters. The Morgan fingerprint density at radius 1 is 1.67 bits per heavy atom. The minimum absolute atomic E-state index is 0.323. The molecule has 0 amide bonds. The monoisotopic (exact) mass is 231 g/mol. The summed E-state index contributed by atoms with van der Waals surface area (Å²) in [7, 11) is 0. The fourth-order valence-electron chi connectivity index (χ4n) is 0.729. The summed E-state index contributed by atoms with van der Waals surface area (Å²) in [5.41, 5.74) is 0.209. The van der Waals surface area contributed by atoms with E-state index in [0.29, 0.717) is 10.2 Å². The molecule has 1 heterocycles. The molecule has 0 spiro atoms. The predicted molar refractivity (Wildman–Crippen MR) is 45.3 cm³/mol. The lowest BCUT2D eigenvalue weighted by atomic mass is 10.3. The Morgan fingerprint density at radius 3 is 2.75 bits per heavy atom. The Hall–Kier alpha value is -1.10. The summed E-state index contributed by atoms with van der Waals surface area (Å²) in [6.45, 7) is 1.65. The van der Waals surface area contributed by atoms with Gasteiger partial charge in [-0.05, 0) is 28.9 Å². The fourth-order valence-corrected chi connectivity index (χ4v) is 1.03. The lowest BCUT2D eigenvalue weighted by molar-refractivity contribution is 0.0686. The maximum Gasteiger partial charge on any atom is 0.358 e. The molecule has 2 N–H and O–H groups in total. The molecular weight excluding hydrogens is 226 g/mol. The van der Waals surface area contributed by atoms with Gasteiger partial charge in [0, 0.05) is 4.47 Å². The highest BCUT2D eigenvalue weighted by Crippen LogP contribution is 2.22. The number of carboxylic acids is 1. The van der Waals surface area contributed by atoms with Gasteiger partial charge >= 0.3 is 5.97 Å². The van der Waals surface area contributed by atoms with Crippen LogP contribution in [0.15, 0.2) is 10.5 Å². The maximum atomic E-state index is 10.4. The summed E-state index contributed by atoms with van der Waals surface area (Å²) in [5, 5.41) is 17.7. The number of aromatic carboxylic acids is 1. The highest BCUT2D eigenvalue weighted by atomic mass is 79.9. The summed E-state index contributed by atoms with van der Waals surface area (Å²) in [5.74, 6) is -1.57. The molecule has 1 rings (SSSR count). The number of carbonyl (C=O) groups is 1. The molecule has 0 aliphatic carbocycles. The Balaban J connectivity index is 3.33.